The van der Waals surface area contributed by atoms with Crippen molar-refractivity contribution >= 4 is 12.0 Å². The van der Waals surface area contributed by atoms with Crippen molar-refractivity contribution in [2.45, 2.75) is 39.2 Å². The van der Waals surface area contributed by atoms with Crippen LogP contribution in [0.15, 0.2) is 30.3 Å². The molecule has 0 aromatic heterocycles. The van der Waals surface area contributed by atoms with Gasteiger partial charge in [-0.05, 0) is 18.4 Å². The minimum Gasteiger partial charge on any atom is -0.445 e. The molecule has 21 heavy (non-hydrogen) atoms. The van der Waals surface area contributed by atoms with Crippen molar-refractivity contribution in [2.75, 3.05) is 13.1 Å². The molecule has 1 aromatic rings. The standard InChI is InChI=1S/C16H24N2O3/c1-2-3-11-17-15(19)10-7-12-18-16(20)21-13-14-8-5-4-6-9-14/h4-6,8-9H,2-3,7,10-13H2,1H3,(H,17,19)(H,18,20). The lowest BCUT2D eigenvalue weighted by Crippen LogP contribution is -2.28. The Hall–Kier alpha value is -2.04. The van der Waals surface area contributed by atoms with Gasteiger partial charge in [0.15, 0.2) is 0 Å². The number of carbonyl (C=O) groups excluding carboxylic acids is 2. The Balaban J connectivity index is 2.02. The summed E-state index contributed by atoms with van der Waals surface area (Å²) in [6, 6.07) is 9.50. The Morgan fingerprint density at radius 2 is 1.76 bits per heavy atom. The van der Waals surface area contributed by atoms with Crippen molar-refractivity contribution in [3.8, 4) is 0 Å². The molecular weight excluding hydrogens is 268 g/mol. The number of unbranched alkanes of at least 4 members (excludes halogenated alkanes) is 1. The van der Waals surface area contributed by atoms with Gasteiger partial charge in [-0.2, -0.15) is 0 Å². The summed E-state index contributed by atoms with van der Waals surface area (Å²) in [6.07, 6.45) is 2.64. The average molecular weight is 292 g/mol. The highest BCUT2D eigenvalue weighted by molar-refractivity contribution is 5.75. The highest BCUT2D eigenvalue weighted by Gasteiger charge is 2.03. The molecule has 1 aromatic carbocycles. The lowest BCUT2D eigenvalue weighted by atomic mass is 10.2. The molecule has 0 bridgehead atoms. The number of amides is 2. The summed E-state index contributed by atoms with van der Waals surface area (Å²) in [5, 5.41) is 5.47. The first-order chi connectivity index (χ1) is 10.2. The van der Waals surface area contributed by atoms with Gasteiger partial charge in [0, 0.05) is 19.5 Å². The van der Waals surface area contributed by atoms with E-state index in [4.69, 9.17) is 4.74 Å². The van der Waals surface area contributed by atoms with Crippen LogP contribution in [0.5, 0.6) is 0 Å². The van der Waals surface area contributed by atoms with Crippen molar-refractivity contribution in [3.63, 3.8) is 0 Å². The van der Waals surface area contributed by atoms with Crippen molar-refractivity contribution in [2.24, 2.45) is 0 Å². The molecular formula is C16H24N2O3. The molecule has 2 amide bonds. The van der Waals surface area contributed by atoms with E-state index in [-0.39, 0.29) is 12.5 Å². The lowest BCUT2D eigenvalue weighted by molar-refractivity contribution is -0.121. The highest BCUT2D eigenvalue weighted by atomic mass is 16.5. The predicted octanol–water partition coefficient (Wildman–Crippen LogP) is 2.61. The second kappa shape index (κ2) is 10.7. The molecule has 0 heterocycles. The quantitative estimate of drug-likeness (QED) is 0.687. The largest absolute Gasteiger partial charge is 0.445 e. The molecule has 0 radical (unpaired) electrons. The van der Waals surface area contributed by atoms with Crippen LogP contribution >= 0.6 is 0 Å². The first-order valence-corrected chi connectivity index (χ1v) is 7.43. The fourth-order valence-corrected chi connectivity index (χ4v) is 1.71. The summed E-state index contributed by atoms with van der Waals surface area (Å²) in [5.41, 5.74) is 0.947. The number of hydrogen-bond donors (Lipinski definition) is 2. The van der Waals surface area contributed by atoms with Crippen LogP contribution in [0, 0.1) is 0 Å². The van der Waals surface area contributed by atoms with Gasteiger partial charge in [-0.1, -0.05) is 43.7 Å². The average Bonchev–Trinajstić information content (AvgIpc) is 2.51. The van der Waals surface area contributed by atoms with Crippen LogP contribution < -0.4 is 10.6 Å². The van der Waals surface area contributed by atoms with Gasteiger partial charge in [-0.3, -0.25) is 4.79 Å². The first kappa shape index (κ1) is 17.0. The maximum Gasteiger partial charge on any atom is 0.407 e. The van der Waals surface area contributed by atoms with E-state index >= 15 is 0 Å². The molecule has 0 aliphatic carbocycles. The minimum absolute atomic E-state index is 0.0305. The van der Waals surface area contributed by atoms with Gasteiger partial charge in [-0.15, -0.1) is 0 Å². The summed E-state index contributed by atoms with van der Waals surface area (Å²) >= 11 is 0. The van der Waals surface area contributed by atoms with Crippen molar-refractivity contribution in [1.82, 2.24) is 10.6 Å². The second-order valence-corrected chi connectivity index (χ2v) is 4.80. The van der Waals surface area contributed by atoms with Crippen LogP contribution in [0.25, 0.3) is 0 Å². The fraction of sp³-hybridized carbons (Fsp3) is 0.500. The Morgan fingerprint density at radius 1 is 1.05 bits per heavy atom. The van der Waals surface area contributed by atoms with E-state index in [0.29, 0.717) is 19.4 Å². The molecule has 0 saturated heterocycles. The zero-order chi connectivity index (χ0) is 15.3. The molecule has 0 fully saturated rings. The van der Waals surface area contributed by atoms with Crippen molar-refractivity contribution in [3.05, 3.63) is 35.9 Å². The fourth-order valence-electron chi connectivity index (χ4n) is 1.71. The van der Waals surface area contributed by atoms with Crippen molar-refractivity contribution < 1.29 is 14.3 Å². The predicted molar refractivity (Wildman–Crippen MR) is 81.8 cm³/mol. The van der Waals surface area contributed by atoms with E-state index in [1.165, 1.54) is 0 Å². The second-order valence-electron chi connectivity index (χ2n) is 4.80. The van der Waals surface area contributed by atoms with E-state index in [0.717, 1.165) is 24.9 Å². The van der Waals surface area contributed by atoms with Crippen LogP contribution in [-0.2, 0) is 16.1 Å². The third-order valence-corrected chi connectivity index (χ3v) is 2.92. The maximum atomic E-state index is 11.4. The normalized spacial score (nSPS) is 9.95. The number of alkyl carbamates (subject to hydrolysis) is 1. The molecule has 1 rings (SSSR count). The maximum absolute atomic E-state index is 11.4. The molecule has 0 spiro atoms. The molecule has 0 atom stereocenters. The molecule has 0 aliphatic heterocycles. The SMILES string of the molecule is CCCCNC(=O)CCCNC(=O)OCc1ccccc1. The number of benzene rings is 1. The van der Waals surface area contributed by atoms with Crippen LogP contribution in [0.2, 0.25) is 0 Å². The third-order valence-electron chi connectivity index (χ3n) is 2.92. The van der Waals surface area contributed by atoms with Gasteiger partial charge in [0.1, 0.15) is 6.61 Å². The third kappa shape index (κ3) is 8.68. The van der Waals surface area contributed by atoms with Gasteiger partial charge in [-0.25, -0.2) is 4.79 Å². The highest BCUT2D eigenvalue weighted by Crippen LogP contribution is 2.00. The molecule has 0 unspecified atom stereocenters. The van der Waals surface area contributed by atoms with Crippen LogP contribution in [-0.4, -0.2) is 25.1 Å². The van der Waals surface area contributed by atoms with Gasteiger partial charge < -0.3 is 15.4 Å². The molecule has 5 nitrogen and oxygen atoms in total. The minimum atomic E-state index is -0.453. The summed E-state index contributed by atoms with van der Waals surface area (Å²) in [6.45, 7) is 3.50. The topological polar surface area (TPSA) is 67.4 Å². The summed E-state index contributed by atoms with van der Waals surface area (Å²) < 4.78 is 5.06. The van der Waals surface area contributed by atoms with Crippen LogP contribution in [0.4, 0.5) is 4.79 Å². The van der Waals surface area contributed by atoms with E-state index in [9.17, 15) is 9.59 Å². The van der Waals surface area contributed by atoms with Gasteiger partial charge in [0.05, 0.1) is 0 Å². The Labute approximate surface area is 126 Å². The Morgan fingerprint density at radius 3 is 2.48 bits per heavy atom. The number of carbonyl (C=O) groups is 2. The van der Waals surface area contributed by atoms with E-state index in [1.54, 1.807) is 0 Å². The molecule has 0 saturated carbocycles. The Bertz CT molecular complexity index is 421. The zero-order valence-electron chi connectivity index (χ0n) is 12.6. The smallest absolute Gasteiger partial charge is 0.407 e. The summed E-state index contributed by atoms with van der Waals surface area (Å²) in [7, 11) is 0. The lowest BCUT2D eigenvalue weighted by Gasteiger charge is -2.07. The zero-order valence-corrected chi connectivity index (χ0v) is 12.6. The number of hydrogen-bond acceptors (Lipinski definition) is 3. The number of rotatable bonds is 9. The number of nitrogens with one attached hydrogen (secondary N) is 2. The number of ether oxygens (including phenoxy) is 1. The van der Waals surface area contributed by atoms with Gasteiger partial charge in [0.25, 0.3) is 0 Å². The van der Waals surface area contributed by atoms with E-state index < -0.39 is 6.09 Å². The Kier molecular flexibility index (Phi) is 8.68. The molecule has 116 valence electrons. The van der Waals surface area contributed by atoms with E-state index in [1.807, 2.05) is 30.3 Å². The molecule has 2 N–H and O–H groups in total. The summed E-state index contributed by atoms with van der Waals surface area (Å²) in [5.74, 6) is 0.0305. The van der Waals surface area contributed by atoms with Crippen molar-refractivity contribution in [1.29, 1.82) is 0 Å². The monoisotopic (exact) mass is 292 g/mol. The van der Waals surface area contributed by atoms with Crippen LogP contribution in [0.3, 0.4) is 0 Å². The van der Waals surface area contributed by atoms with Gasteiger partial charge in [0.2, 0.25) is 5.91 Å². The van der Waals surface area contributed by atoms with E-state index in [2.05, 4.69) is 17.6 Å². The first-order valence-electron chi connectivity index (χ1n) is 7.43. The molecule has 0 aliphatic rings. The molecule has 5 heteroatoms. The van der Waals surface area contributed by atoms with Gasteiger partial charge >= 0.3 is 6.09 Å². The van der Waals surface area contributed by atoms with Crippen LogP contribution in [0.1, 0.15) is 38.2 Å². The summed E-state index contributed by atoms with van der Waals surface area (Å²) in [4.78, 5) is 22.9.